The first kappa shape index (κ1) is 19.7. The minimum absolute atomic E-state index is 0. The zero-order valence-corrected chi connectivity index (χ0v) is 12.9. The van der Waals surface area contributed by atoms with Gasteiger partial charge in [-0.1, -0.05) is 12.1 Å². The normalized spacial score (nSPS) is 13.3. The quantitative estimate of drug-likeness (QED) is 0.893. The maximum Gasteiger partial charge on any atom is 0.416 e. The molecule has 0 saturated heterocycles. The van der Waals surface area contributed by atoms with Gasteiger partial charge >= 0.3 is 6.18 Å². The zero-order chi connectivity index (χ0) is 15.6. The fraction of sp³-hybridized carbons (Fsp3) is 0.500. The first-order chi connectivity index (χ1) is 9.08. The lowest BCUT2D eigenvalue weighted by Crippen LogP contribution is -2.42. The number of halogens is 4. The van der Waals surface area contributed by atoms with E-state index in [1.54, 1.807) is 20.8 Å². The van der Waals surface area contributed by atoms with Crippen LogP contribution in [-0.2, 0) is 11.0 Å². The Kier molecular flexibility index (Phi) is 6.70. The second kappa shape index (κ2) is 7.13. The molecule has 0 aliphatic rings. The van der Waals surface area contributed by atoms with E-state index in [9.17, 15) is 18.0 Å². The van der Waals surface area contributed by atoms with Crippen molar-refractivity contribution in [1.82, 2.24) is 5.32 Å². The molecule has 0 aliphatic heterocycles. The summed E-state index contributed by atoms with van der Waals surface area (Å²) >= 11 is 0. The highest BCUT2D eigenvalue weighted by Gasteiger charge is 2.30. The Hall–Kier alpha value is -1.27. The standard InChI is InChI=1S/C14H19F3N2O.ClH/c1-9(19-12(20)13(2,3)8-18)10-4-6-11(7-5-10)14(15,16)17;/h4-7,9H,8,18H2,1-3H3,(H,19,20);1H. The van der Waals surface area contributed by atoms with Crippen LogP contribution >= 0.6 is 12.4 Å². The van der Waals surface area contributed by atoms with E-state index >= 15 is 0 Å². The van der Waals surface area contributed by atoms with Crippen LogP contribution in [0.1, 0.15) is 37.9 Å². The summed E-state index contributed by atoms with van der Waals surface area (Å²) in [6.45, 7) is 5.33. The van der Waals surface area contributed by atoms with Crippen molar-refractivity contribution >= 4 is 18.3 Å². The highest BCUT2D eigenvalue weighted by molar-refractivity contribution is 5.85. The molecule has 3 nitrogen and oxygen atoms in total. The van der Waals surface area contributed by atoms with Gasteiger partial charge in [0.05, 0.1) is 17.0 Å². The summed E-state index contributed by atoms with van der Waals surface area (Å²) in [7, 11) is 0. The molecule has 1 rings (SSSR count). The Balaban J connectivity index is 0.00000400. The largest absolute Gasteiger partial charge is 0.416 e. The van der Waals surface area contributed by atoms with Crippen LogP contribution in [-0.4, -0.2) is 12.5 Å². The zero-order valence-electron chi connectivity index (χ0n) is 12.1. The monoisotopic (exact) mass is 324 g/mol. The number of carbonyl (C=O) groups excluding carboxylic acids is 1. The molecule has 0 radical (unpaired) electrons. The van der Waals surface area contributed by atoms with Gasteiger partial charge in [-0.3, -0.25) is 4.79 Å². The van der Waals surface area contributed by atoms with Gasteiger partial charge in [0.25, 0.3) is 0 Å². The van der Waals surface area contributed by atoms with E-state index in [-0.39, 0.29) is 30.9 Å². The van der Waals surface area contributed by atoms with Gasteiger partial charge in [-0.05, 0) is 38.5 Å². The molecule has 1 aromatic carbocycles. The molecular weight excluding hydrogens is 305 g/mol. The average Bonchev–Trinajstić information content (AvgIpc) is 2.37. The predicted molar refractivity (Wildman–Crippen MR) is 78.1 cm³/mol. The highest BCUT2D eigenvalue weighted by atomic mass is 35.5. The van der Waals surface area contributed by atoms with E-state index in [2.05, 4.69) is 5.32 Å². The second-order valence-corrected chi connectivity index (χ2v) is 5.40. The van der Waals surface area contributed by atoms with Crippen LogP contribution in [0.2, 0.25) is 0 Å². The molecule has 21 heavy (non-hydrogen) atoms. The number of hydrogen-bond donors (Lipinski definition) is 2. The van der Waals surface area contributed by atoms with Crippen LogP contribution in [0.4, 0.5) is 13.2 Å². The maximum atomic E-state index is 12.4. The molecule has 1 amide bonds. The second-order valence-electron chi connectivity index (χ2n) is 5.40. The number of nitrogens with one attached hydrogen (secondary N) is 1. The van der Waals surface area contributed by atoms with Gasteiger partial charge in [-0.15, -0.1) is 12.4 Å². The molecule has 1 aromatic rings. The molecule has 7 heteroatoms. The maximum absolute atomic E-state index is 12.4. The molecule has 3 N–H and O–H groups in total. The smallest absolute Gasteiger partial charge is 0.349 e. The van der Waals surface area contributed by atoms with Crippen molar-refractivity contribution < 1.29 is 18.0 Å². The Morgan fingerprint density at radius 1 is 1.24 bits per heavy atom. The number of amides is 1. The van der Waals surface area contributed by atoms with E-state index in [1.165, 1.54) is 12.1 Å². The summed E-state index contributed by atoms with van der Waals surface area (Å²) in [5, 5.41) is 2.75. The molecule has 1 atom stereocenters. The minimum Gasteiger partial charge on any atom is -0.349 e. The third-order valence-corrected chi connectivity index (χ3v) is 3.21. The fourth-order valence-electron chi connectivity index (χ4n) is 1.53. The minimum atomic E-state index is -4.35. The number of nitrogens with two attached hydrogens (primary N) is 1. The van der Waals surface area contributed by atoms with Crippen molar-refractivity contribution in [2.24, 2.45) is 11.1 Å². The third kappa shape index (κ3) is 5.21. The Labute approximate surface area is 128 Å². The van der Waals surface area contributed by atoms with Crippen molar-refractivity contribution in [3.05, 3.63) is 35.4 Å². The molecule has 120 valence electrons. The number of carbonyl (C=O) groups is 1. The molecule has 0 saturated carbocycles. The van der Waals surface area contributed by atoms with Crippen molar-refractivity contribution in [1.29, 1.82) is 0 Å². The Bertz CT molecular complexity index is 472. The van der Waals surface area contributed by atoms with Gasteiger partial charge in [0.1, 0.15) is 0 Å². The highest BCUT2D eigenvalue weighted by Crippen LogP contribution is 2.30. The van der Waals surface area contributed by atoms with Gasteiger partial charge < -0.3 is 11.1 Å². The summed E-state index contributed by atoms with van der Waals surface area (Å²) in [5.41, 5.74) is 4.70. The number of rotatable bonds is 4. The number of alkyl halides is 3. The van der Waals surface area contributed by atoms with Crippen LogP contribution in [0.15, 0.2) is 24.3 Å². The number of hydrogen-bond acceptors (Lipinski definition) is 2. The van der Waals surface area contributed by atoms with Gasteiger partial charge in [-0.25, -0.2) is 0 Å². The summed E-state index contributed by atoms with van der Waals surface area (Å²) < 4.78 is 37.3. The van der Waals surface area contributed by atoms with Crippen LogP contribution < -0.4 is 11.1 Å². The van der Waals surface area contributed by atoms with E-state index in [0.29, 0.717) is 5.56 Å². The molecule has 0 aromatic heterocycles. The molecular formula is C14H20ClF3N2O. The van der Waals surface area contributed by atoms with Crippen molar-refractivity contribution in [3.63, 3.8) is 0 Å². The van der Waals surface area contributed by atoms with Gasteiger partial charge in [0.15, 0.2) is 0 Å². The first-order valence-corrected chi connectivity index (χ1v) is 6.26. The first-order valence-electron chi connectivity index (χ1n) is 6.26. The predicted octanol–water partition coefficient (Wildman–Crippen LogP) is 3.29. The summed E-state index contributed by atoms with van der Waals surface area (Å²) in [5.74, 6) is -0.229. The lowest BCUT2D eigenvalue weighted by molar-refractivity contribution is -0.137. The molecule has 1 unspecified atom stereocenters. The Morgan fingerprint density at radius 3 is 2.10 bits per heavy atom. The summed E-state index contributed by atoms with van der Waals surface area (Å²) in [6, 6.07) is 4.36. The lowest BCUT2D eigenvalue weighted by atomic mass is 9.92. The van der Waals surface area contributed by atoms with E-state index < -0.39 is 17.2 Å². The molecule has 0 aliphatic carbocycles. The van der Waals surface area contributed by atoms with Gasteiger partial charge in [0.2, 0.25) is 5.91 Å². The molecule has 0 heterocycles. The third-order valence-electron chi connectivity index (χ3n) is 3.21. The molecule has 0 spiro atoms. The van der Waals surface area contributed by atoms with Gasteiger partial charge in [0, 0.05) is 6.54 Å². The van der Waals surface area contributed by atoms with E-state index in [1.807, 2.05) is 0 Å². The average molecular weight is 325 g/mol. The van der Waals surface area contributed by atoms with Crippen molar-refractivity contribution in [2.45, 2.75) is 33.0 Å². The SMILES string of the molecule is CC(NC(=O)C(C)(C)CN)c1ccc(C(F)(F)F)cc1.Cl. The van der Waals surface area contributed by atoms with Gasteiger partial charge in [-0.2, -0.15) is 13.2 Å². The van der Waals surface area contributed by atoms with Crippen LogP contribution in [0.5, 0.6) is 0 Å². The van der Waals surface area contributed by atoms with E-state index in [4.69, 9.17) is 5.73 Å². The van der Waals surface area contributed by atoms with Crippen LogP contribution in [0.25, 0.3) is 0 Å². The van der Waals surface area contributed by atoms with Crippen molar-refractivity contribution in [2.75, 3.05) is 6.54 Å². The van der Waals surface area contributed by atoms with E-state index in [0.717, 1.165) is 12.1 Å². The fourth-order valence-corrected chi connectivity index (χ4v) is 1.53. The summed E-state index contributed by atoms with van der Waals surface area (Å²) in [4.78, 5) is 11.9. The van der Waals surface area contributed by atoms with Crippen molar-refractivity contribution in [3.8, 4) is 0 Å². The summed E-state index contributed by atoms with van der Waals surface area (Å²) in [6.07, 6.45) is -4.35. The number of benzene rings is 1. The van der Waals surface area contributed by atoms with Crippen LogP contribution in [0, 0.1) is 5.41 Å². The topological polar surface area (TPSA) is 55.1 Å². The lowest BCUT2D eigenvalue weighted by Gasteiger charge is -2.24. The molecule has 0 fully saturated rings. The molecule has 0 bridgehead atoms. The Morgan fingerprint density at radius 2 is 1.71 bits per heavy atom. The van der Waals surface area contributed by atoms with Crippen LogP contribution in [0.3, 0.4) is 0 Å².